The predicted octanol–water partition coefficient (Wildman–Crippen LogP) is 5.64. The van der Waals surface area contributed by atoms with Crippen molar-refractivity contribution in [3.05, 3.63) is 76.8 Å². The predicted molar refractivity (Wildman–Crippen MR) is 130 cm³/mol. The van der Waals surface area contributed by atoms with Crippen LogP contribution in [0.25, 0.3) is 10.8 Å². The summed E-state index contributed by atoms with van der Waals surface area (Å²) in [6.07, 6.45) is 0. The summed E-state index contributed by atoms with van der Waals surface area (Å²) in [6.45, 7) is 7.25. The lowest BCUT2D eigenvalue weighted by molar-refractivity contribution is 0.112. The molecule has 0 saturated carbocycles. The Morgan fingerprint density at radius 1 is 0.759 bits per heavy atom. The van der Waals surface area contributed by atoms with E-state index in [9.17, 15) is 0 Å². The van der Waals surface area contributed by atoms with Crippen molar-refractivity contribution in [1.82, 2.24) is 9.80 Å². The number of piperazine rings is 1. The lowest BCUT2D eigenvalue weighted by Crippen LogP contribution is -2.47. The van der Waals surface area contributed by atoms with Gasteiger partial charge in [-0.25, -0.2) is 0 Å². The van der Waals surface area contributed by atoms with Crippen LogP contribution < -0.4 is 4.74 Å². The first kappa shape index (κ1) is 24.0. The standard InChI is InChI=1S/C23H25BrN2O.2ClH/c24-22-8-6-21-17-23(9-7-20(21)16-22)27-15-14-25-10-12-26(13-11-25)18-19-4-2-1-3-5-19;;/h1-9,16-17H,10-15,18H2;2*1H. The van der Waals surface area contributed by atoms with Gasteiger partial charge in [-0.15, -0.1) is 24.8 Å². The number of hydrogen-bond acceptors (Lipinski definition) is 3. The molecular formula is C23H27BrCl2N2O. The molecule has 0 N–H and O–H groups in total. The Hall–Kier alpha value is -1.30. The van der Waals surface area contributed by atoms with Crippen LogP contribution in [0.2, 0.25) is 0 Å². The molecule has 4 rings (SSSR count). The third kappa shape index (κ3) is 6.87. The van der Waals surface area contributed by atoms with Crippen LogP contribution >= 0.6 is 40.7 Å². The zero-order chi connectivity index (χ0) is 18.5. The first-order valence-corrected chi connectivity index (χ1v) is 10.4. The lowest BCUT2D eigenvalue weighted by atomic mass is 10.1. The van der Waals surface area contributed by atoms with Gasteiger partial charge in [0.1, 0.15) is 12.4 Å². The minimum Gasteiger partial charge on any atom is -0.492 e. The number of rotatable bonds is 6. The van der Waals surface area contributed by atoms with Crippen LogP contribution in [0.3, 0.4) is 0 Å². The van der Waals surface area contributed by atoms with Gasteiger partial charge in [0.05, 0.1) is 0 Å². The largest absolute Gasteiger partial charge is 0.492 e. The molecule has 0 aliphatic carbocycles. The smallest absolute Gasteiger partial charge is 0.120 e. The van der Waals surface area contributed by atoms with Crippen molar-refractivity contribution in [1.29, 1.82) is 0 Å². The molecule has 3 aromatic rings. The van der Waals surface area contributed by atoms with Crippen molar-refractivity contribution >= 4 is 51.5 Å². The van der Waals surface area contributed by atoms with E-state index in [-0.39, 0.29) is 24.8 Å². The summed E-state index contributed by atoms with van der Waals surface area (Å²) in [4.78, 5) is 5.04. The van der Waals surface area contributed by atoms with Gasteiger partial charge in [-0.2, -0.15) is 0 Å². The maximum Gasteiger partial charge on any atom is 0.120 e. The zero-order valence-corrected chi connectivity index (χ0v) is 19.5. The summed E-state index contributed by atoms with van der Waals surface area (Å²) in [5.41, 5.74) is 1.40. The number of hydrogen-bond donors (Lipinski definition) is 0. The summed E-state index contributed by atoms with van der Waals surface area (Å²) in [5, 5.41) is 2.44. The normalized spacial score (nSPS) is 14.8. The Balaban J connectivity index is 0.00000150. The molecule has 3 nitrogen and oxygen atoms in total. The molecule has 0 bridgehead atoms. The average Bonchev–Trinajstić information content (AvgIpc) is 2.70. The third-order valence-electron chi connectivity index (χ3n) is 5.16. The highest BCUT2D eigenvalue weighted by Crippen LogP contribution is 2.24. The molecule has 0 radical (unpaired) electrons. The van der Waals surface area contributed by atoms with Gasteiger partial charge in [0.15, 0.2) is 0 Å². The van der Waals surface area contributed by atoms with Crippen LogP contribution in [0.15, 0.2) is 71.2 Å². The number of halogens is 3. The molecule has 0 aromatic heterocycles. The van der Waals surface area contributed by atoms with Crippen LogP contribution in [0.1, 0.15) is 5.56 Å². The second-order valence-electron chi connectivity index (χ2n) is 7.11. The van der Waals surface area contributed by atoms with E-state index in [1.807, 2.05) is 0 Å². The second kappa shape index (κ2) is 11.8. The quantitative estimate of drug-likeness (QED) is 0.438. The Labute approximate surface area is 194 Å². The van der Waals surface area contributed by atoms with Crippen LogP contribution in [0, 0.1) is 0 Å². The van der Waals surface area contributed by atoms with Crippen molar-refractivity contribution in [2.75, 3.05) is 39.3 Å². The first-order chi connectivity index (χ1) is 13.3. The molecule has 1 saturated heterocycles. The summed E-state index contributed by atoms with van der Waals surface area (Å²) >= 11 is 3.52. The number of nitrogens with zero attached hydrogens (tertiary/aromatic N) is 2. The lowest BCUT2D eigenvalue weighted by Gasteiger charge is -2.34. The summed E-state index contributed by atoms with van der Waals surface area (Å²) in [6, 6.07) is 23.4. The number of benzene rings is 3. The van der Waals surface area contributed by atoms with Gasteiger partial charge in [-0.1, -0.05) is 58.4 Å². The van der Waals surface area contributed by atoms with E-state index < -0.39 is 0 Å². The highest BCUT2D eigenvalue weighted by molar-refractivity contribution is 9.10. The summed E-state index contributed by atoms with van der Waals surface area (Å²) in [7, 11) is 0. The zero-order valence-electron chi connectivity index (χ0n) is 16.3. The molecule has 6 heteroatoms. The molecule has 0 spiro atoms. The average molecular weight is 498 g/mol. The molecule has 156 valence electrons. The van der Waals surface area contributed by atoms with Gasteiger partial charge in [-0.05, 0) is 40.6 Å². The minimum atomic E-state index is 0. The Morgan fingerprint density at radius 2 is 1.41 bits per heavy atom. The maximum atomic E-state index is 6.00. The fraction of sp³-hybridized carbons (Fsp3) is 0.304. The fourth-order valence-electron chi connectivity index (χ4n) is 3.59. The van der Waals surface area contributed by atoms with Crippen LogP contribution in [0.4, 0.5) is 0 Å². The molecule has 0 atom stereocenters. The van der Waals surface area contributed by atoms with Crippen LogP contribution in [0.5, 0.6) is 5.75 Å². The summed E-state index contributed by atoms with van der Waals surface area (Å²) in [5.74, 6) is 0.951. The van der Waals surface area contributed by atoms with E-state index in [4.69, 9.17) is 4.74 Å². The first-order valence-electron chi connectivity index (χ1n) is 9.57. The van der Waals surface area contributed by atoms with Gasteiger partial charge in [-0.3, -0.25) is 9.80 Å². The van der Waals surface area contributed by atoms with Crippen molar-refractivity contribution in [3.63, 3.8) is 0 Å². The van der Waals surface area contributed by atoms with Crippen molar-refractivity contribution in [2.45, 2.75) is 6.54 Å². The molecule has 0 amide bonds. The topological polar surface area (TPSA) is 15.7 Å². The Morgan fingerprint density at radius 3 is 2.17 bits per heavy atom. The maximum absolute atomic E-state index is 6.00. The van der Waals surface area contributed by atoms with E-state index in [2.05, 4.69) is 92.5 Å². The molecule has 1 aliphatic rings. The molecule has 0 unspecified atom stereocenters. The highest BCUT2D eigenvalue weighted by atomic mass is 79.9. The summed E-state index contributed by atoms with van der Waals surface area (Å²) < 4.78 is 7.11. The van der Waals surface area contributed by atoms with E-state index in [1.54, 1.807) is 0 Å². The number of fused-ring (bicyclic) bond motifs is 1. The fourth-order valence-corrected chi connectivity index (χ4v) is 3.97. The van der Waals surface area contributed by atoms with E-state index in [1.165, 1.54) is 16.3 Å². The van der Waals surface area contributed by atoms with Gasteiger partial charge < -0.3 is 4.74 Å². The van der Waals surface area contributed by atoms with E-state index in [0.717, 1.165) is 56.1 Å². The molecule has 3 aromatic carbocycles. The highest BCUT2D eigenvalue weighted by Gasteiger charge is 2.16. The molecule has 29 heavy (non-hydrogen) atoms. The van der Waals surface area contributed by atoms with Gasteiger partial charge in [0.2, 0.25) is 0 Å². The number of ether oxygens (including phenoxy) is 1. The van der Waals surface area contributed by atoms with Crippen LogP contribution in [-0.2, 0) is 6.54 Å². The Bertz CT molecular complexity index is 886. The molecular weight excluding hydrogens is 471 g/mol. The van der Waals surface area contributed by atoms with Crippen molar-refractivity contribution in [3.8, 4) is 5.75 Å². The molecule has 1 aliphatic heterocycles. The minimum absolute atomic E-state index is 0. The van der Waals surface area contributed by atoms with E-state index in [0.29, 0.717) is 0 Å². The van der Waals surface area contributed by atoms with Gasteiger partial charge in [0, 0.05) is 43.7 Å². The Kier molecular flexibility index (Phi) is 9.73. The molecule has 1 heterocycles. The molecule has 1 fully saturated rings. The van der Waals surface area contributed by atoms with E-state index >= 15 is 0 Å². The van der Waals surface area contributed by atoms with Gasteiger partial charge in [0.25, 0.3) is 0 Å². The monoisotopic (exact) mass is 496 g/mol. The van der Waals surface area contributed by atoms with Crippen molar-refractivity contribution in [2.24, 2.45) is 0 Å². The van der Waals surface area contributed by atoms with Gasteiger partial charge >= 0.3 is 0 Å². The van der Waals surface area contributed by atoms with Crippen LogP contribution in [-0.4, -0.2) is 49.1 Å². The van der Waals surface area contributed by atoms with Crippen molar-refractivity contribution < 1.29 is 4.74 Å². The third-order valence-corrected chi connectivity index (χ3v) is 5.66. The SMILES string of the molecule is Brc1ccc2cc(OCCN3CCN(Cc4ccccc4)CC3)ccc2c1.Cl.Cl. The second-order valence-corrected chi connectivity index (χ2v) is 8.02.